The van der Waals surface area contributed by atoms with Crippen LogP contribution in [0.4, 0.5) is 0 Å². The molecule has 0 radical (unpaired) electrons. The molecule has 4 heteroatoms. The summed E-state index contributed by atoms with van der Waals surface area (Å²) in [6.45, 7) is 1.83. The van der Waals surface area contributed by atoms with Gasteiger partial charge >= 0.3 is 0 Å². The van der Waals surface area contributed by atoms with Gasteiger partial charge in [-0.3, -0.25) is 0 Å². The molecule has 64 valence electrons. The van der Waals surface area contributed by atoms with Crippen LogP contribution in [0.1, 0.15) is 32.6 Å². The summed E-state index contributed by atoms with van der Waals surface area (Å²) in [6.07, 6.45) is 3.68. The molecular weight excluding hydrogens is 144 g/mol. The minimum Gasteiger partial charge on any atom is -0.411 e. The largest absolute Gasteiger partial charge is 0.411 e. The van der Waals surface area contributed by atoms with Crippen molar-refractivity contribution in [2.45, 2.75) is 38.1 Å². The van der Waals surface area contributed by atoms with E-state index in [1.807, 2.05) is 6.92 Å². The van der Waals surface area contributed by atoms with Crippen molar-refractivity contribution in [3.05, 3.63) is 0 Å². The van der Waals surface area contributed by atoms with Crippen LogP contribution in [0.2, 0.25) is 0 Å². The van der Waals surface area contributed by atoms with E-state index in [0.717, 1.165) is 25.7 Å². The van der Waals surface area contributed by atoms with Gasteiger partial charge in [0.05, 0.1) is 11.3 Å². The fourth-order valence-electron chi connectivity index (χ4n) is 1.47. The Morgan fingerprint density at radius 1 is 1.55 bits per heavy atom. The molecule has 0 heterocycles. The number of rotatable bonds is 1. The molecule has 0 aromatic heterocycles. The van der Waals surface area contributed by atoms with Gasteiger partial charge in [-0.1, -0.05) is 11.6 Å². The van der Waals surface area contributed by atoms with Crippen LogP contribution in [0.5, 0.6) is 0 Å². The van der Waals surface area contributed by atoms with Crippen molar-refractivity contribution in [3.8, 4) is 0 Å². The average Bonchev–Trinajstić information content (AvgIpc) is 2.05. The second-order valence-electron chi connectivity index (χ2n) is 3.20. The van der Waals surface area contributed by atoms with Gasteiger partial charge in [-0.25, -0.2) is 0 Å². The van der Waals surface area contributed by atoms with E-state index in [4.69, 9.17) is 10.4 Å². The molecule has 0 spiro atoms. The normalized spacial score (nSPS) is 36.0. The number of hydroxylamine groups is 1. The molecule has 0 saturated heterocycles. The van der Waals surface area contributed by atoms with Crippen LogP contribution >= 0.6 is 0 Å². The molecule has 1 rings (SSSR count). The average molecular weight is 158 g/mol. The quantitative estimate of drug-likeness (QED) is 0.396. The Bertz CT molecular complexity index is 170. The molecule has 3 N–H and O–H groups in total. The highest BCUT2D eigenvalue weighted by Gasteiger charge is 2.32. The van der Waals surface area contributed by atoms with Crippen molar-refractivity contribution >= 4 is 5.71 Å². The van der Waals surface area contributed by atoms with Crippen molar-refractivity contribution < 1.29 is 10.4 Å². The molecule has 0 aliphatic heterocycles. The first-order chi connectivity index (χ1) is 5.23. The van der Waals surface area contributed by atoms with Crippen LogP contribution in [0.3, 0.4) is 0 Å². The highest BCUT2D eigenvalue weighted by molar-refractivity contribution is 5.93. The van der Waals surface area contributed by atoms with Crippen molar-refractivity contribution in [2.75, 3.05) is 0 Å². The van der Waals surface area contributed by atoms with Crippen LogP contribution in [0, 0.1) is 0 Å². The molecule has 1 fully saturated rings. The summed E-state index contributed by atoms with van der Waals surface area (Å²) in [7, 11) is 0. The zero-order chi connectivity index (χ0) is 8.32. The molecule has 1 saturated carbocycles. The van der Waals surface area contributed by atoms with E-state index in [1.54, 1.807) is 0 Å². The molecule has 4 nitrogen and oxygen atoms in total. The van der Waals surface area contributed by atoms with E-state index in [9.17, 15) is 0 Å². The lowest BCUT2D eigenvalue weighted by molar-refractivity contribution is 0.0933. The van der Waals surface area contributed by atoms with Gasteiger partial charge in [-0.2, -0.15) is 5.48 Å². The van der Waals surface area contributed by atoms with Crippen LogP contribution in [0.25, 0.3) is 0 Å². The summed E-state index contributed by atoms with van der Waals surface area (Å²) in [5, 5.41) is 20.6. The second-order valence-corrected chi connectivity index (χ2v) is 3.20. The Hall–Kier alpha value is -0.610. The monoisotopic (exact) mass is 158 g/mol. The van der Waals surface area contributed by atoms with E-state index in [1.165, 1.54) is 0 Å². The lowest BCUT2D eigenvalue weighted by atomic mass is 9.82. The maximum Gasteiger partial charge on any atom is 0.0814 e. The standard InChI is InChI=1S/C7H14N2O2/c1-7(9-11)5-3-2-4-6(7)8-10/h9-11H,2-5H2,1H3/b8-6+/t7-/m0/s1. The predicted molar refractivity (Wildman–Crippen MR) is 41.0 cm³/mol. The van der Waals surface area contributed by atoms with Crippen LogP contribution in [0.15, 0.2) is 5.16 Å². The van der Waals surface area contributed by atoms with E-state index in [-0.39, 0.29) is 0 Å². The number of hydrogen-bond acceptors (Lipinski definition) is 4. The Labute approximate surface area is 65.9 Å². The molecular formula is C7H14N2O2. The Balaban J connectivity index is 2.74. The molecule has 1 aliphatic carbocycles. The first kappa shape index (κ1) is 8.49. The van der Waals surface area contributed by atoms with Gasteiger partial charge in [0.2, 0.25) is 0 Å². The highest BCUT2D eigenvalue weighted by Crippen LogP contribution is 2.24. The number of oxime groups is 1. The van der Waals surface area contributed by atoms with Gasteiger partial charge in [0, 0.05) is 0 Å². The maximum atomic E-state index is 8.81. The second kappa shape index (κ2) is 3.19. The predicted octanol–water partition coefficient (Wildman–Crippen LogP) is 1.13. The van der Waals surface area contributed by atoms with Crippen LogP contribution < -0.4 is 5.48 Å². The molecule has 0 bridgehead atoms. The van der Waals surface area contributed by atoms with Gasteiger partial charge in [0.1, 0.15) is 0 Å². The maximum absolute atomic E-state index is 8.81. The third-order valence-corrected chi connectivity index (χ3v) is 2.34. The van der Waals surface area contributed by atoms with E-state index in [2.05, 4.69) is 10.6 Å². The first-order valence-corrected chi connectivity index (χ1v) is 3.85. The van der Waals surface area contributed by atoms with Gasteiger partial charge < -0.3 is 10.4 Å². The molecule has 0 aromatic rings. The fraction of sp³-hybridized carbons (Fsp3) is 0.857. The third-order valence-electron chi connectivity index (χ3n) is 2.34. The van der Waals surface area contributed by atoms with E-state index in [0.29, 0.717) is 5.71 Å². The fourth-order valence-corrected chi connectivity index (χ4v) is 1.47. The Kier molecular flexibility index (Phi) is 2.46. The van der Waals surface area contributed by atoms with Crippen LogP contribution in [-0.2, 0) is 0 Å². The van der Waals surface area contributed by atoms with Crippen LogP contribution in [-0.4, -0.2) is 21.7 Å². The van der Waals surface area contributed by atoms with Crippen molar-refractivity contribution in [3.63, 3.8) is 0 Å². The van der Waals surface area contributed by atoms with Crippen molar-refractivity contribution in [1.29, 1.82) is 0 Å². The van der Waals surface area contributed by atoms with Gasteiger partial charge in [0.15, 0.2) is 0 Å². The number of hydrogen-bond donors (Lipinski definition) is 3. The summed E-state index contributed by atoms with van der Waals surface area (Å²) in [5.41, 5.74) is 2.33. The Morgan fingerprint density at radius 3 is 2.73 bits per heavy atom. The summed E-state index contributed by atoms with van der Waals surface area (Å²) >= 11 is 0. The molecule has 1 atom stereocenters. The minimum absolute atomic E-state index is 0.507. The van der Waals surface area contributed by atoms with Crippen molar-refractivity contribution in [2.24, 2.45) is 5.16 Å². The lowest BCUT2D eigenvalue weighted by Crippen LogP contribution is -2.49. The van der Waals surface area contributed by atoms with E-state index >= 15 is 0 Å². The summed E-state index contributed by atoms with van der Waals surface area (Å²) in [4.78, 5) is 0. The number of nitrogens with one attached hydrogen (secondary N) is 1. The summed E-state index contributed by atoms with van der Waals surface area (Å²) in [6, 6.07) is 0. The third kappa shape index (κ3) is 1.52. The molecule has 0 unspecified atom stereocenters. The highest BCUT2D eigenvalue weighted by atomic mass is 16.5. The molecule has 1 aliphatic rings. The topological polar surface area (TPSA) is 64.8 Å². The first-order valence-electron chi connectivity index (χ1n) is 3.85. The smallest absolute Gasteiger partial charge is 0.0814 e. The summed E-state index contributed by atoms with van der Waals surface area (Å²) in [5.74, 6) is 0. The molecule has 0 aromatic carbocycles. The van der Waals surface area contributed by atoms with Crippen molar-refractivity contribution in [1.82, 2.24) is 5.48 Å². The summed E-state index contributed by atoms with van der Waals surface area (Å²) < 4.78 is 0. The Morgan fingerprint density at radius 2 is 2.27 bits per heavy atom. The molecule has 11 heavy (non-hydrogen) atoms. The lowest BCUT2D eigenvalue weighted by Gasteiger charge is -2.32. The SMILES string of the molecule is C[C@]1(NO)CCCC/C1=N\O. The zero-order valence-electron chi connectivity index (χ0n) is 6.67. The van der Waals surface area contributed by atoms with E-state index < -0.39 is 5.54 Å². The van der Waals surface area contributed by atoms with Gasteiger partial charge in [0.25, 0.3) is 0 Å². The zero-order valence-corrected chi connectivity index (χ0v) is 6.67. The van der Waals surface area contributed by atoms with Gasteiger partial charge in [-0.05, 0) is 26.2 Å². The van der Waals surface area contributed by atoms with Gasteiger partial charge in [-0.15, -0.1) is 0 Å². The number of nitrogens with zero attached hydrogens (tertiary/aromatic N) is 1. The minimum atomic E-state index is -0.507. The molecule has 0 amide bonds.